The number of hydrogen-bond donors (Lipinski definition) is 0. The maximum atomic E-state index is 12.1. The standard InChI is InChI=1S/C23H20O6/c1-25-23(24)19-11-10-18(12-21(19)27-13-16-6-3-2-4-7-16)26-14-17-8-5-9-20-22(17)29-15-28-20/h2-12H,13-15H2,1H3. The third-order valence-corrected chi connectivity index (χ3v) is 4.47. The topological polar surface area (TPSA) is 63.2 Å². The molecule has 0 saturated carbocycles. The second-order valence-electron chi connectivity index (χ2n) is 6.36. The molecule has 0 atom stereocenters. The number of rotatable bonds is 7. The van der Waals surface area contributed by atoms with Crippen LogP contribution < -0.4 is 18.9 Å². The molecule has 148 valence electrons. The molecule has 4 rings (SSSR count). The van der Waals surface area contributed by atoms with Crippen molar-refractivity contribution in [2.24, 2.45) is 0 Å². The maximum absolute atomic E-state index is 12.1. The Balaban J connectivity index is 1.51. The van der Waals surface area contributed by atoms with Crippen molar-refractivity contribution in [3.05, 3.63) is 83.4 Å². The Kier molecular flexibility index (Phi) is 5.52. The summed E-state index contributed by atoms with van der Waals surface area (Å²) < 4.78 is 27.6. The molecule has 1 heterocycles. The van der Waals surface area contributed by atoms with Crippen molar-refractivity contribution in [2.75, 3.05) is 13.9 Å². The molecule has 0 aliphatic carbocycles. The lowest BCUT2D eigenvalue weighted by Crippen LogP contribution is -2.06. The molecule has 0 spiro atoms. The van der Waals surface area contributed by atoms with Crippen LogP contribution in [0.3, 0.4) is 0 Å². The summed E-state index contributed by atoms with van der Waals surface area (Å²) in [6.07, 6.45) is 0. The number of fused-ring (bicyclic) bond motifs is 1. The SMILES string of the molecule is COC(=O)c1ccc(OCc2cccc3c2OCO3)cc1OCc1ccccc1. The third kappa shape index (κ3) is 4.27. The molecule has 1 aliphatic rings. The van der Waals surface area contributed by atoms with E-state index in [9.17, 15) is 4.79 Å². The van der Waals surface area contributed by atoms with Crippen LogP contribution in [0.2, 0.25) is 0 Å². The predicted molar refractivity (Wildman–Crippen MR) is 105 cm³/mol. The van der Waals surface area contributed by atoms with Crippen LogP contribution in [-0.4, -0.2) is 19.9 Å². The van der Waals surface area contributed by atoms with Gasteiger partial charge in [-0.25, -0.2) is 4.79 Å². The second kappa shape index (κ2) is 8.56. The molecule has 0 fully saturated rings. The minimum absolute atomic E-state index is 0.206. The van der Waals surface area contributed by atoms with Gasteiger partial charge in [0.15, 0.2) is 11.5 Å². The first-order valence-electron chi connectivity index (χ1n) is 9.14. The normalized spacial score (nSPS) is 11.8. The average Bonchev–Trinajstić information content (AvgIpc) is 3.26. The molecule has 0 aromatic heterocycles. The molecule has 0 amide bonds. The van der Waals surface area contributed by atoms with Gasteiger partial charge in [-0.1, -0.05) is 42.5 Å². The predicted octanol–water partition coefficient (Wildman–Crippen LogP) is 4.36. The van der Waals surface area contributed by atoms with E-state index in [4.69, 9.17) is 23.7 Å². The van der Waals surface area contributed by atoms with Crippen LogP contribution in [0.25, 0.3) is 0 Å². The van der Waals surface area contributed by atoms with Crippen LogP contribution in [0, 0.1) is 0 Å². The van der Waals surface area contributed by atoms with Gasteiger partial charge in [-0.15, -0.1) is 0 Å². The number of carbonyl (C=O) groups excluding carboxylic acids is 1. The van der Waals surface area contributed by atoms with E-state index in [1.165, 1.54) is 7.11 Å². The quantitative estimate of drug-likeness (QED) is 0.557. The molecule has 3 aromatic carbocycles. The summed E-state index contributed by atoms with van der Waals surface area (Å²) in [6.45, 7) is 0.825. The highest BCUT2D eigenvalue weighted by molar-refractivity contribution is 5.92. The highest BCUT2D eigenvalue weighted by Crippen LogP contribution is 2.36. The first kappa shape index (κ1) is 18.7. The zero-order chi connectivity index (χ0) is 20.1. The number of benzene rings is 3. The molecule has 3 aromatic rings. The Morgan fingerprint density at radius 1 is 0.931 bits per heavy atom. The Hall–Kier alpha value is -3.67. The highest BCUT2D eigenvalue weighted by atomic mass is 16.7. The van der Waals surface area contributed by atoms with E-state index in [2.05, 4.69) is 0 Å². The molecule has 6 heteroatoms. The first-order valence-corrected chi connectivity index (χ1v) is 9.14. The van der Waals surface area contributed by atoms with Gasteiger partial charge in [0.05, 0.1) is 7.11 Å². The van der Waals surface area contributed by atoms with Gasteiger partial charge in [0.1, 0.15) is 30.3 Å². The Morgan fingerprint density at radius 2 is 1.79 bits per heavy atom. The van der Waals surface area contributed by atoms with Gasteiger partial charge in [0, 0.05) is 11.6 Å². The van der Waals surface area contributed by atoms with Gasteiger partial charge in [-0.3, -0.25) is 0 Å². The number of carbonyl (C=O) groups is 1. The zero-order valence-electron chi connectivity index (χ0n) is 15.9. The summed E-state index contributed by atoms with van der Waals surface area (Å²) in [4.78, 5) is 12.1. The zero-order valence-corrected chi connectivity index (χ0v) is 15.9. The molecule has 29 heavy (non-hydrogen) atoms. The Bertz CT molecular complexity index is 1000. The lowest BCUT2D eigenvalue weighted by Gasteiger charge is -2.13. The summed E-state index contributed by atoms with van der Waals surface area (Å²) in [6, 6.07) is 20.4. The van der Waals surface area contributed by atoms with Crippen LogP contribution >= 0.6 is 0 Å². The van der Waals surface area contributed by atoms with E-state index >= 15 is 0 Å². The first-order chi connectivity index (χ1) is 14.2. The van der Waals surface area contributed by atoms with Crippen molar-refractivity contribution in [1.29, 1.82) is 0 Å². The van der Waals surface area contributed by atoms with Crippen molar-refractivity contribution in [3.63, 3.8) is 0 Å². The van der Waals surface area contributed by atoms with E-state index in [-0.39, 0.29) is 6.79 Å². The minimum Gasteiger partial charge on any atom is -0.489 e. The number of para-hydroxylation sites is 1. The fourth-order valence-electron chi connectivity index (χ4n) is 2.99. The van der Waals surface area contributed by atoms with Gasteiger partial charge in [0.2, 0.25) is 6.79 Å². The molecule has 0 N–H and O–H groups in total. The summed E-state index contributed by atoms with van der Waals surface area (Å²) >= 11 is 0. The second-order valence-corrected chi connectivity index (χ2v) is 6.36. The lowest BCUT2D eigenvalue weighted by molar-refractivity contribution is 0.0595. The van der Waals surface area contributed by atoms with Crippen molar-refractivity contribution < 1.29 is 28.5 Å². The maximum Gasteiger partial charge on any atom is 0.341 e. The van der Waals surface area contributed by atoms with Crippen LogP contribution in [0.1, 0.15) is 21.5 Å². The molecule has 1 aliphatic heterocycles. The van der Waals surface area contributed by atoms with E-state index in [1.807, 2.05) is 48.5 Å². The van der Waals surface area contributed by atoms with Gasteiger partial charge >= 0.3 is 5.97 Å². The molecule has 0 saturated heterocycles. The molecular formula is C23H20O6. The number of esters is 1. The van der Waals surface area contributed by atoms with Gasteiger partial charge < -0.3 is 23.7 Å². The van der Waals surface area contributed by atoms with Crippen molar-refractivity contribution in [2.45, 2.75) is 13.2 Å². The summed E-state index contributed by atoms with van der Waals surface area (Å²) in [7, 11) is 1.34. The van der Waals surface area contributed by atoms with E-state index in [1.54, 1.807) is 18.2 Å². The van der Waals surface area contributed by atoms with E-state index < -0.39 is 5.97 Å². The summed E-state index contributed by atoms with van der Waals surface area (Å²) in [5.74, 6) is 1.90. The number of ether oxygens (including phenoxy) is 5. The Morgan fingerprint density at radius 3 is 2.62 bits per heavy atom. The minimum atomic E-state index is -0.467. The molecule has 0 radical (unpaired) electrons. The largest absolute Gasteiger partial charge is 0.489 e. The monoisotopic (exact) mass is 392 g/mol. The number of methoxy groups -OCH3 is 1. The van der Waals surface area contributed by atoms with Crippen molar-refractivity contribution >= 4 is 5.97 Å². The molecular weight excluding hydrogens is 372 g/mol. The van der Waals surface area contributed by atoms with Crippen LogP contribution in [0.4, 0.5) is 0 Å². The lowest BCUT2D eigenvalue weighted by atomic mass is 10.1. The third-order valence-electron chi connectivity index (χ3n) is 4.47. The van der Waals surface area contributed by atoms with Crippen LogP contribution in [0.15, 0.2) is 66.7 Å². The number of hydrogen-bond acceptors (Lipinski definition) is 6. The molecule has 0 bridgehead atoms. The van der Waals surface area contributed by atoms with Gasteiger partial charge in [-0.05, 0) is 23.8 Å². The highest BCUT2D eigenvalue weighted by Gasteiger charge is 2.18. The molecule has 6 nitrogen and oxygen atoms in total. The molecule has 0 unspecified atom stereocenters. The fourth-order valence-corrected chi connectivity index (χ4v) is 2.99. The van der Waals surface area contributed by atoms with Crippen LogP contribution in [-0.2, 0) is 18.0 Å². The Labute approximate surface area is 168 Å². The fraction of sp³-hybridized carbons (Fsp3) is 0.174. The van der Waals surface area contributed by atoms with Crippen molar-refractivity contribution in [1.82, 2.24) is 0 Å². The summed E-state index contributed by atoms with van der Waals surface area (Å²) in [5.41, 5.74) is 2.21. The average molecular weight is 392 g/mol. The van der Waals surface area contributed by atoms with Crippen LogP contribution in [0.5, 0.6) is 23.0 Å². The smallest absolute Gasteiger partial charge is 0.341 e. The van der Waals surface area contributed by atoms with E-state index in [0.717, 1.165) is 11.1 Å². The van der Waals surface area contributed by atoms with Gasteiger partial charge in [-0.2, -0.15) is 0 Å². The van der Waals surface area contributed by atoms with Gasteiger partial charge in [0.25, 0.3) is 0 Å². The summed E-state index contributed by atoms with van der Waals surface area (Å²) in [5, 5.41) is 0. The van der Waals surface area contributed by atoms with Crippen molar-refractivity contribution in [3.8, 4) is 23.0 Å². The van der Waals surface area contributed by atoms with E-state index in [0.29, 0.717) is 41.8 Å².